The first-order chi connectivity index (χ1) is 9.65. The number of carboxylic acid groups (broad SMARTS) is 1. The van der Waals surface area contributed by atoms with Crippen LogP contribution in [0, 0.1) is 17.5 Å². The molecule has 1 atom stereocenters. The number of aromatic hydroxyl groups is 1. The largest absolute Gasteiger partial charge is 0.503 e. The Kier molecular flexibility index (Phi) is 4.74. The average Bonchev–Trinajstić information content (AvgIpc) is 2.38. The molecule has 0 spiro atoms. The first-order valence-corrected chi connectivity index (χ1v) is 5.33. The quantitative estimate of drug-likeness (QED) is 0.563. The van der Waals surface area contributed by atoms with E-state index in [1.54, 1.807) is 5.32 Å². The van der Waals surface area contributed by atoms with Gasteiger partial charge in [0, 0.05) is 0 Å². The van der Waals surface area contributed by atoms with E-state index in [1.165, 1.54) is 0 Å². The summed E-state index contributed by atoms with van der Waals surface area (Å²) < 4.78 is 39.3. The Balaban J connectivity index is 3.09. The third-order valence-electron chi connectivity index (χ3n) is 2.39. The van der Waals surface area contributed by atoms with Crippen molar-refractivity contribution in [3.05, 3.63) is 29.1 Å². The van der Waals surface area contributed by atoms with Gasteiger partial charge in [-0.25, -0.2) is 13.6 Å². The van der Waals surface area contributed by atoms with Gasteiger partial charge < -0.3 is 21.3 Å². The van der Waals surface area contributed by atoms with Gasteiger partial charge in [-0.2, -0.15) is 4.39 Å². The summed E-state index contributed by atoms with van der Waals surface area (Å²) in [7, 11) is 0. The van der Waals surface area contributed by atoms with Gasteiger partial charge in [-0.15, -0.1) is 0 Å². The monoisotopic (exact) mass is 306 g/mol. The number of carboxylic acids is 1. The molecule has 0 unspecified atom stereocenters. The Hall–Kier alpha value is -2.78. The molecule has 0 radical (unpaired) electrons. The SMILES string of the molecule is NC(=O)C[C@H](NC(=O)c1cc(F)c(F)c(O)c1F)C(=O)O. The number of nitrogens with one attached hydrogen (secondary N) is 1. The van der Waals surface area contributed by atoms with E-state index in [9.17, 15) is 27.6 Å². The van der Waals surface area contributed by atoms with Crippen LogP contribution < -0.4 is 11.1 Å². The van der Waals surface area contributed by atoms with Gasteiger partial charge in [0.05, 0.1) is 12.0 Å². The number of hydrogen-bond donors (Lipinski definition) is 4. The molecule has 1 aromatic carbocycles. The number of benzene rings is 1. The lowest BCUT2D eigenvalue weighted by molar-refractivity contribution is -0.140. The fraction of sp³-hybridized carbons (Fsp3) is 0.182. The molecule has 0 heterocycles. The summed E-state index contributed by atoms with van der Waals surface area (Å²) in [5.41, 5.74) is 3.64. The van der Waals surface area contributed by atoms with Gasteiger partial charge in [0.1, 0.15) is 6.04 Å². The Bertz CT molecular complexity index is 620. The van der Waals surface area contributed by atoms with Gasteiger partial charge in [-0.3, -0.25) is 9.59 Å². The number of aliphatic carboxylic acids is 1. The van der Waals surface area contributed by atoms with Crippen molar-refractivity contribution in [2.24, 2.45) is 5.73 Å². The van der Waals surface area contributed by atoms with Crippen molar-refractivity contribution in [3.63, 3.8) is 0 Å². The highest BCUT2D eigenvalue weighted by Gasteiger charge is 2.27. The Morgan fingerprint density at radius 1 is 1.24 bits per heavy atom. The zero-order valence-corrected chi connectivity index (χ0v) is 10.2. The van der Waals surface area contributed by atoms with E-state index in [2.05, 4.69) is 0 Å². The van der Waals surface area contributed by atoms with Crippen LogP contribution in [0.25, 0.3) is 0 Å². The molecule has 10 heteroatoms. The Morgan fingerprint density at radius 3 is 2.29 bits per heavy atom. The highest BCUT2D eigenvalue weighted by molar-refractivity contribution is 5.98. The summed E-state index contributed by atoms with van der Waals surface area (Å²) in [6.45, 7) is 0. The van der Waals surface area contributed by atoms with E-state index >= 15 is 0 Å². The molecule has 5 N–H and O–H groups in total. The molecule has 0 aliphatic heterocycles. The predicted molar refractivity (Wildman–Crippen MR) is 60.7 cm³/mol. The minimum Gasteiger partial charge on any atom is -0.503 e. The lowest BCUT2D eigenvalue weighted by atomic mass is 10.1. The molecular formula is C11H9F3N2O5. The van der Waals surface area contributed by atoms with Crippen LogP contribution in [0.1, 0.15) is 16.8 Å². The zero-order chi connectivity index (χ0) is 16.3. The summed E-state index contributed by atoms with van der Waals surface area (Å²) in [5.74, 6) is -11.3. The van der Waals surface area contributed by atoms with E-state index in [0.717, 1.165) is 0 Å². The minimum absolute atomic E-state index is 0.142. The lowest BCUT2D eigenvalue weighted by Crippen LogP contribution is -2.43. The number of rotatable bonds is 5. The van der Waals surface area contributed by atoms with Gasteiger partial charge in [0.2, 0.25) is 11.7 Å². The summed E-state index contributed by atoms with van der Waals surface area (Å²) in [6, 6.07) is -1.65. The topological polar surface area (TPSA) is 130 Å². The summed E-state index contributed by atoms with van der Waals surface area (Å²) in [5, 5.41) is 19.4. The maximum absolute atomic E-state index is 13.5. The lowest BCUT2D eigenvalue weighted by Gasteiger charge is -2.13. The zero-order valence-electron chi connectivity index (χ0n) is 10.2. The number of amides is 2. The molecule has 2 amide bonds. The van der Waals surface area contributed by atoms with Crippen LogP contribution >= 0.6 is 0 Å². The summed E-state index contributed by atoms with van der Waals surface area (Å²) in [6.07, 6.45) is -0.793. The third-order valence-corrected chi connectivity index (χ3v) is 2.39. The predicted octanol–water partition coefficient (Wildman–Crippen LogP) is -0.132. The maximum atomic E-state index is 13.5. The van der Waals surface area contributed by atoms with Crippen molar-refractivity contribution < 1.29 is 37.8 Å². The standard InChI is InChI=1S/C11H9F3N2O5/c12-4-1-3(7(13)9(18)8(4)14)10(19)16-5(11(20)21)2-6(15)17/h1,5,18H,2H2,(H2,15,17)(H,16,19)(H,20,21)/t5-/m0/s1. The maximum Gasteiger partial charge on any atom is 0.326 e. The number of carbonyl (C=O) groups excluding carboxylic acids is 2. The average molecular weight is 306 g/mol. The first kappa shape index (κ1) is 16.3. The minimum atomic E-state index is -1.89. The van der Waals surface area contributed by atoms with Gasteiger partial charge >= 0.3 is 5.97 Å². The number of hydrogen-bond acceptors (Lipinski definition) is 4. The molecule has 7 nitrogen and oxygen atoms in total. The van der Waals surface area contributed by atoms with Crippen LogP contribution in [0.15, 0.2) is 6.07 Å². The normalized spacial score (nSPS) is 11.8. The summed E-state index contributed by atoms with van der Waals surface area (Å²) in [4.78, 5) is 33.0. The van der Waals surface area contributed by atoms with E-state index in [4.69, 9.17) is 15.9 Å². The fourth-order valence-corrected chi connectivity index (χ4v) is 1.39. The molecule has 0 aromatic heterocycles. The third kappa shape index (κ3) is 3.61. The smallest absolute Gasteiger partial charge is 0.326 e. The van der Waals surface area contributed by atoms with Crippen LogP contribution in [0.4, 0.5) is 13.2 Å². The van der Waals surface area contributed by atoms with E-state index in [0.29, 0.717) is 0 Å². The number of phenols is 1. The van der Waals surface area contributed by atoms with Crippen molar-refractivity contribution in [3.8, 4) is 5.75 Å². The summed E-state index contributed by atoms with van der Waals surface area (Å²) >= 11 is 0. The van der Waals surface area contributed by atoms with Gasteiger partial charge in [-0.05, 0) is 6.07 Å². The van der Waals surface area contributed by atoms with E-state index < -0.39 is 59.0 Å². The Labute approximate surface area is 115 Å². The van der Waals surface area contributed by atoms with Crippen LogP contribution in [-0.2, 0) is 9.59 Å². The Morgan fingerprint density at radius 2 is 1.81 bits per heavy atom. The number of primary amides is 1. The van der Waals surface area contributed by atoms with Crippen molar-refractivity contribution in [2.45, 2.75) is 12.5 Å². The van der Waals surface area contributed by atoms with E-state index in [1.807, 2.05) is 0 Å². The molecule has 114 valence electrons. The fourth-order valence-electron chi connectivity index (χ4n) is 1.39. The second kappa shape index (κ2) is 6.11. The van der Waals surface area contributed by atoms with Crippen LogP contribution in [0.2, 0.25) is 0 Å². The van der Waals surface area contributed by atoms with Gasteiger partial charge in [-0.1, -0.05) is 0 Å². The molecule has 0 aliphatic carbocycles. The molecule has 0 fully saturated rings. The number of carbonyl (C=O) groups is 3. The second-order valence-corrected chi connectivity index (χ2v) is 3.92. The molecule has 0 bridgehead atoms. The molecule has 0 aliphatic rings. The molecule has 21 heavy (non-hydrogen) atoms. The molecule has 0 saturated carbocycles. The first-order valence-electron chi connectivity index (χ1n) is 5.33. The molecular weight excluding hydrogens is 297 g/mol. The van der Waals surface area contributed by atoms with Crippen molar-refractivity contribution in [2.75, 3.05) is 0 Å². The molecule has 1 aromatic rings. The number of phenolic OH excluding ortho intramolecular Hbond substituents is 1. The molecule has 1 rings (SSSR count). The highest BCUT2D eigenvalue weighted by atomic mass is 19.2. The van der Waals surface area contributed by atoms with Gasteiger partial charge in [0.15, 0.2) is 17.4 Å². The van der Waals surface area contributed by atoms with Crippen LogP contribution in [0.5, 0.6) is 5.75 Å². The van der Waals surface area contributed by atoms with Crippen LogP contribution in [-0.4, -0.2) is 34.0 Å². The van der Waals surface area contributed by atoms with Gasteiger partial charge in [0.25, 0.3) is 5.91 Å². The number of nitrogens with two attached hydrogens (primary N) is 1. The highest BCUT2D eigenvalue weighted by Crippen LogP contribution is 2.25. The van der Waals surface area contributed by atoms with Crippen LogP contribution in [0.3, 0.4) is 0 Å². The van der Waals surface area contributed by atoms with E-state index in [-0.39, 0.29) is 6.07 Å². The molecule has 0 saturated heterocycles. The number of halogens is 3. The second-order valence-electron chi connectivity index (χ2n) is 3.92. The van der Waals surface area contributed by atoms with Crippen molar-refractivity contribution in [1.82, 2.24) is 5.32 Å². The van der Waals surface area contributed by atoms with Crippen molar-refractivity contribution in [1.29, 1.82) is 0 Å². The van der Waals surface area contributed by atoms with Crippen molar-refractivity contribution >= 4 is 17.8 Å².